The third-order valence-corrected chi connectivity index (χ3v) is 10.8. The van der Waals surface area contributed by atoms with Gasteiger partial charge in [-0.3, -0.25) is 14.5 Å². The summed E-state index contributed by atoms with van der Waals surface area (Å²) in [6, 6.07) is 19.5. The molecule has 0 amide bonds. The standard InChI is InChI=1S/C42H42ClN5O9/c1-23-28(5-3-6-29(23)40-46-34-16-26(22-48-13-11-24(21-48)42(52)53)36(55-14-12-44)18-37(34)57-40)30-7-4-8-32-31(30)9-10-35(32)56-41-33(43)15-25(39(47-41)54-2)19-45-20-27(49)17-38(50)51/h3-8,15-16,18,24,27,35,45,49H,9-11,13-14,17,19-22H2,1-2H3,(H,50,51)(H,52,53)/t24-,27-,35-/m0/s1. The molecule has 14 nitrogen and oxygen atoms in total. The van der Waals surface area contributed by atoms with Gasteiger partial charge in [0.2, 0.25) is 17.7 Å². The Balaban J connectivity index is 1.12. The van der Waals surface area contributed by atoms with Gasteiger partial charge in [-0.1, -0.05) is 41.9 Å². The van der Waals surface area contributed by atoms with E-state index in [-0.39, 0.29) is 38.1 Å². The lowest BCUT2D eigenvalue weighted by atomic mass is 9.91. The number of carbonyl (C=O) groups is 2. The number of nitrogens with one attached hydrogen (secondary N) is 1. The molecule has 0 bridgehead atoms. The minimum Gasteiger partial charge on any atom is -0.481 e. The number of hydrogen-bond donors (Lipinski definition) is 4. The van der Waals surface area contributed by atoms with E-state index in [4.69, 9.17) is 40.3 Å². The number of pyridine rings is 1. The molecule has 1 saturated heterocycles. The van der Waals surface area contributed by atoms with Gasteiger partial charge in [0.15, 0.2) is 12.2 Å². The van der Waals surface area contributed by atoms with Crippen LogP contribution in [-0.4, -0.2) is 81.6 Å². The van der Waals surface area contributed by atoms with Crippen molar-refractivity contribution >= 4 is 34.6 Å². The SMILES string of the molecule is COc1nc(O[C@H]2CCc3c(-c4cccc(-c5nc6cc(CN7CC[C@H](C(=O)O)C7)c(OCC#N)cc6o5)c4C)cccc32)c(Cl)cc1CNC[C@@H](O)CC(=O)O. The molecule has 15 heteroatoms. The lowest BCUT2D eigenvalue weighted by Crippen LogP contribution is -2.28. The van der Waals surface area contributed by atoms with Crippen LogP contribution in [0, 0.1) is 24.2 Å². The molecule has 1 fully saturated rings. The van der Waals surface area contributed by atoms with Gasteiger partial charge >= 0.3 is 11.9 Å². The fraction of sp³-hybridized carbons (Fsp3) is 0.357. The molecule has 5 aromatic rings. The average molecular weight is 796 g/mol. The highest BCUT2D eigenvalue weighted by Crippen LogP contribution is 2.43. The zero-order chi connectivity index (χ0) is 40.2. The largest absolute Gasteiger partial charge is 0.481 e. The predicted octanol–water partition coefficient (Wildman–Crippen LogP) is 6.33. The predicted molar refractivity (Wildman–Crippen MR) is 209 cm³/mol. The molecule has 1 aliphatic carbocycles. The van der Waals surface area contributed by atoms with Gasteiger partial charge < -0.3 is 39.3 Å². The van der Waals surface area contributed by atoms with E-state index < -0.39 is 24.0 Å². The van der Waals surface area contributed by atoms with Gasteiger partial charge in [-0.05, 0) is 78.7 Å². The van der Waals surface area contributed by atoms with Crippen molar-refractivity contribution in [2.75, 3.05) is 33.4 Å². The van der Waals surface area contributed by atoms with Gasteiger partial charge in [0, 0.05) is 48.9 Å². The number of nitrogens with zero attached hydrogens (tertiary/aromatic N) is 4. The number of carboxylic acid groups (broad SMARTS) is 2. The molecule has 0 saturated carbocycles. The number of oxazole rings is 1. The first-order valence-corrected chi connectivity index (χ1v) is 19.0. The minimum atomic E-state index is -1.08. The van der Waals surface area contributed by atoms with Crippen LogP contribution < -0.4 is 19.5 Å². The molecular formula is C42H42ClN5O9. The Morgan fingerprint density at radius 1 is 1.07 bits per heavy atom. The number of halogens is 1. The normalized spacial score (nSPS) is 17.0. The number of benzene rings is 3. The van der Waals surface area contributed by atoms with Gasteiger partial charge in [0.25, 0.3) is 0 Å². The number of ether oxygens (including phenoxy) is 3. The number of fused-ring (bicyclic) bond motifs is 2. The smallest absolute Gasteiger partial charge is 0.307 e. The monoisotopic (exact) mass is 795 g/mol. The summed E-state index contributed by atoms with van der Waals surface area (Å²) >= 11 is 6.67. The maximum atomic E-state index is 11.6. The van der Waals surface area contributed by atoms with Gasteiger partial charge in [0.05, 0.1) is 25.6 Å². The first-order valence-electron chi connectivity index (χ1n) is 18.6. The van der Waals surface area contributed by atoms with E-state index in [1.165, 1.54) is 7.11 Å². The van der Waals surface area contributed by atoms with E-state index >= 15 is 0 Å². The molecule has 296 valence electrons. The second-order valence-electron chi connectivity index (χ2n) is 14.3. The summed E-state index contributed by atoms with van der Waals surface area (Å²) in [5.41, 5.74) is 8.66. The van der Waals surface area contributed by atoms with Gasteiger partial charge in [0.1, 0.15) is 28.5 Å². The molecule has 0 unspecified atom stereocenters. The first-order chi connectivity index (χ1) is 27.5. The molecule has 1 aliphatic heterocycles. The van der Waals surface area contributed by atoms with Crippen molar-refractivity contribution in [3.8, 4) is 46.2 Å². The van der Waals surface area contributed by atoms with Gasteiger partial charge in [-0.2, -0.15) is 10.2 Å². The molecule has 3 aromatic carbocycles. The van der Waals surface area contributed by atoms with Crippen molar-refractivity contribution in [3.63, 3.8) is 0 Å². The maximum absolute atomic E-state index is 11.6. The van der Waals surface area contributed by atoms with E-state index in [1.54, 1.807) is 12.1 Å². The summed E-state index contributed by atoms with van der Waals surface area (Å²) in [6.45, 7) is 3.77. The van der Waals surface area contributed by atoms with E-state index in [2.05, 4.69) is 33.4 Å². The Kier molecular flexibility index (Phi) is 11.9. The van der Waals surface area contributed by atoms with Crippen molar-refractivity contribution in [2.45, 2.75) is 57.9 Å². The average Bonchev–Trinajstić information content (AvgIpc) is 3.93. The quantitative estimate of drug-likeness (QED) is 0.0864. The topological polar surface area (TPSA) is 200 Å². The van der Waals surface area contributed by atoms with Crippen LogP contribution >= 0.6 is 11.6 Å². The van der Waals surface area contributed by atoms with Gasteiger partial charge in [-0.25, -0.2) is 4.98 Å². The Hall–Kier alpha value is -5.72. The summed E-state index contributed by atoms with van der Waals surface area (Å²) in [5.74, 6) is -0.816. The fourth-order valence-electron chi connectivity index (χ4n) is 7.71. The molecule has 3 heterocycles. The zero-order valence-electron chi connectivity index (χ0n) is 31.5. The number of aliphatic carboxylic acids is 2. The van der Waals surface area contributed by atoms with Gasteiger partial charge in [-0.15, -0.1) is 0 Å². The molecule has 4 N–H and O–H groups in total. The van der Waals surface area contributed by atoms with Crippen LogP contribution in [-0.2, 0) is 29.1 Å². The third-order valence-electron chi connectivity index (χ3n) is 10.5. The van der Waals surface area contributed by atoms with Crippen molar-refractivity contribution in [1.29, 1.82) is 5.26 Å². The number of aromatic nitrogens is 2. The van der Waals surface area contributed by atoms with Crippen molar-refractivity contribution in [3.05, 3.63) is 87.4 Å². The van der Waals surface area contributed by atoms with E-state index in [9.17, 15) is 25.1 Å². The van der Waals surface area contributed by atoms with E-state index in [0.717, 1.165) is 45.4 Å². The zero-order valence-corrected chi connectivity index (χ0v) is 32.2. The number of likely N-dealkylation sites (tertiary alicyclic amines) is 1. The summed E-state index contributed by atoms with van der Waals surface area (Å²) in [4.78, 5) is 33.9. The molecule has 7 rings (SSSR count). The van der Waals surface area contributed by atoms with E-state index in [0.29, 0.717) is 71.7 Å². The van der Waals surface area contributed by atoms with Crippen LogP contribution in [0.4, 0.5) is 0 Å². The highest BCUT2D eigenvalue weighted by atomic mass is 35.5. The molecular weight excluding hydrogens is 754 g/mol. The van der Waals surface area contributed by atoms with Crippen molar-refractivity contribution in [2.24, 2.45) is 5.92 Å². The molecule has 3 atom stereocenters. The highest BCUT2D eigenvalue weighted by Gasteiger charge is 2.30. The summed E-state index contributed by atoms with van der Waals surface area (Å²) in [5, 5.41) is 40.8. The van der Waals surface area contributed by atoms with Crippen LogP contribution in [0.2, 0.25) is 5.02 Å². The number of rotatable bonds is 16. The van der Waals surface area contributed by atoms with Crippen LogP contribution in [0.3, 0.4) is 0 Å². The number of methoxy groups -OCH3 is 1. The Morgan fingerprint density at radius 3 is 2.61 bits per heavy atom. The Bertz CT molecular complexity index is 2360. The first kappa shape index (κ1) is 39.5. The molecule has 2 aromatic heterocycles. The van der Waals surface area contributed by atoms with Crippen LogP contribution in [0.5, 0.6) is 17.5 Å². The number of carboxylic acids is 2. The minimum absolute atomic E-state index is 0.0725. The molecule has 57 heavy (non-hydrogen) atoms. The van der Waals surface area contributed by atoms with Crippen LogP contribution in [0.15, 0.2) is 59.0 Å². The van der Waals surface area contributed by atoms with Crippen molar-refractivity contribution < 1.29 is 43.5 Å². The fourth-order valence-corrected chi connectivity index (χ4v) is 7.93. The van der Waals surface area contributed by atoms with Crippen molar-refractivity contribution in [1.82, 2.24) is 20.2 Å². The number of nitriles is 1. The lowest BCUT2D eigenvalue weighted by Gasteiger charge is -2.18. The Morgan fingerprint density at radius 2 is 1.86 bits per heavy atom. The number of aliphatic hydroxyl groups excluding tert-OH is 1. The second-order valence-corrected chi connectivity index (χ2v) is 14.7. The summed E-state index contributed by atoms with van der Waals surface area (Å²) in [6.07, 6.45) is 0.323. The number of aliphatic hydroxyl groups is 1. The summed E-state index contributed by atoms with van der Waals surface area (Å²) < 4.78 is 24.1. The Labute approximate surface area is 333 Å². The third kappa shape index (κ3) is 8.67. The molecule has 0 spiro atoms. The number of hydrogen-bond acceptors (Lipinski definition) is 12. The van der Waals surface area contributed by atoms with Crippen LogP contribution in [0.1, 0.15) is 53.2 Å². The van der Waals surface area contributed by atoms with Crippen LogP contribution in [0.25, 0.3) is 33.7 Å². The molecule has 0 radical (unpaired) electrons. The maximum Gasteiger partial charge on any atom is 0.307 e. The lowest BCUT2D eigenvalue weighted by molar-refractivity contribution is -0.141. The molecule has 2 aliphatic rings. The highest BCUT2D eigenvalue weighted by molar-refractivity contribution is 6.31. The summed E-state index contributed by atoms with van der Waals surface area (Å²) in [7, 11) is 1.49. The van der Waals surface area contributed by atoms with E-state index in [1.807, 2.05) is 37.3 Å². The second kappa shape index (κ2) is 17.2.